The van der Waals surface area contributed by atoms with Gasteiger partial charge < -0.3 is 5.11 Å². The molecule has 1 aliphatic carbocycles. The van der Waals surface area contributed by atoms with Gasteiger partial charge >= 0.3 is 0 Å². The highest BCUT2D eigenvalue weighted by Crippen LogP contribution is 2.40. The largest absolute Gasteiger partial charge is 0.392 e. The third-order valence-electron chi connectivity index (χ3n) is 4.49. The normalized spacial score (nSPS) is 26.9. The van der Waals surface area contributed by atoms with Crippen LogP contribution in [-0.4, -0.2) is 30.9 Å². The Morgan fingerprint density at radius 2 is 1.90 bits per heavy atom. The zero-order chi connectivity index (χ0) is 14.3. The molecule has 0 aromatic heterocycles. The summed E-state index contributed by atoms with van der Waals surface area (Å²) >= 11 is 0. The second-order valence-electron chi connectivity index (χ2n) is 5.70. The number of rotatable bonds is 3. The Bertz CT molecular complexity index is 605. The first-order chi connectivity index (χ1) is 9.52. The van der Waals surface area contributed by atoms with Crippen molar-refractivity contribution in [1.29, 1.82) is 0 Å². The molecule has 110 valence electrons. The van der Waals surface area contributed by atoms with Crippen LogP contribution >= 0.6 is 0 Å². The van der Waals surface area contributed by atoms with Crippen molar-refractivity contribution >= 4 is 10.0 Å². The molecule has 2 aliphatic rings. The number of nitrogens with zero attached hydrogens (tertiary/aromatic N) is 1. The lowest BCUT2D eigenvalue weighted by atomic mass is 10.0. The van der Waals surface area contributed by atoms with Gasteiger partial charge in [-0.15, -0.1) is 0 Å². The van der Waals surface area contributed by atoms with E-state index in [9.17, 15) is 12.8 Å². The van der Waals surface area contributed by atoms with Crippen molar-refractivity contribution < 1.29 is 17.9 Å². The smallest absolute Gasteiger partial charge is 0.246 e. The molecule has 6 heteroatoms. The SMILES string of the molecule is O=S(=O)(c1cc(CO)ccc1F)N1CC2CCCC2C1. The number of aliphatic hydroxyl groups is 1. The highest BCUT2D eigenvalue weighted by atomic mass is 32.2. The van der Waals surface area contributed by atoms with Gasteiger partial charge in [-0.05, 0) is 42.4 Å². The monoisotopic (exact) mass is 299 g/mol. The minimum Gasteiger partial charge on any atom is -0.392 e. The molecule has 4 nitrogen and oxygen atoms in total. The highest BCUT2D eigenvalue weighted by Gasteiger charge is 2.42. The maximum atomic E-state index is 13.9. The summed E-state index contributed by atoms with van der Waals surface area (Å²) in [6.45, 7) is 0.694. The number of hydrogen-bond donors (Lipinski definition) is 1. The van der Waals surface area contributed by atoms with Crippen LogP contribution in [0.3, 0.4) is 0 Å². The van der Waals surface area contributed by atoms with Crippen LogP contribution in [0.5, 0.6) is 0 Å². The molecule has 1 saturated carbocycles. The van der Waals surface area contributed by atoms with Crippen molar-refractivity contribution in [3.8, 4) is 0 Å². The average Bonchev–Trinajstić information content (AvgIpc) is 3.00. The quantitative estimate of drug-likeness (QED) is 0.925. The third kappa shape index (κ3) is 2.25. The molecule has 1 aromatic carbocycles. The number of fused-ring (bicyclic) bond motifs is 1. The second-order valence-corrected chi connectivity index (χ2v) is 7.60. The zero-order valence-corrected chi connectivity index (χ0v) is 11.9. The summed E-state index contributed by atoms with van der Waals surface area (Å²) in [5, 5.41) is 9.08. The maximum absolute atomic E-state index is 13.9. The number of benzene rings is 1. The van der Waals surface area contributed by atoms with Gasteiger partial charge in [0, 0.05) is 13.1 Å². The van der Waals surface area contributed by atoms with Crippen LogP contribution in [0.4, 0.5) is 4.39 Å². The maximum Gasteiger partial charge on any atom is 0.246 e. The molecule has 3 rings (SSSR count). The zero-order valence-electron chi connectivity index (χ0n) is 11.1. The number of halogens is 1. The Kier molecular flexibility index (Phi) is 3.56. The van der Waals surface area contributed by atoms with E-state index in [2.05, 4.69) is 0 Å². The number of sulfonamides is 1. The molecule has 0 amide bonds. The van der Waals surface area contributed by atoms with Crippen LogP contribution in [0.25, 0.3) is 0 Å². The topological polar surface area (TPSA) is 57.6 Å². The molecule has 2 unspecified atom stereocenters. The fraction of sp³-hybridized carbons (Fsp3) is 0.571. The van der Waals surface area contributed by atoms with E-state index in [1.807, 2.05) is 0 Å². The minimum atomic E-state index is -3.80. The number of aliphatic hydroxyl groups excluding tert-OH is 1. The van der Waals surface area contributed by atoms with E-state index in [-0.39, 0.29) is 11.5 Å². The van der Waals surface area contributed by atoms with Gasteiger partial charge in [-0.25, -0.2) is 12.8 Å². The summed E-state index contributed by atoms with van der Waals surface area (Å²) in [5.74, 6) is 0.0991. The molecular formula is C14H18FNO3S. The molecule has 1 N–H and O–H groups in total. The summed E-state index contributed by atoms with van der Waals surface area (Å²) in [5.41, 5.74) is 0.407. The van der Waals surface area contributed by atoms with Gasteiger partial charge in [0.15, 0.2) is 0 Å². The van der Waals surface area contributed by atoms with E-state index in [1.165, 1.54) is 16.4 Å². The van der Waals surface area contributed by atoms with Crippen molar-refractivity contribution in [1.82, 2.24) is 4.31 Å². The second kappa shape index (κ2) is 5.09. The van der Waals surface area contributed by atoms with Crippen molar-refractivity contribution in [3.05, 3.63) is 29.6 Å². The lowest BCUT2D eigenvalue weighted by molar-refractivity contribution is 0.281. The Balaban J connectivity index is 1.92. The average molecular weight is 299 g/mol. The van der Waals surface area contributed by atoms with Crippen molar-refractivity contribution in [2.45, 2.75) is 30.8 Å². The van der Waals surface area contributed by atoms with E-state index in [4.69, 9.17) is 5.11 Å². The molecule has 1 aromatic rings. The van der Waals surface area contributed by atoms with Gasteiger partial charge in [-0.3, -0.25) is 0 Å². The Hall–Kier alpha value is -0.980. The summed E-state index contributed by atoms with van der Waals surface area (Å²) in [7, 11) is -3.80. The molecule has 0 spiro atoms. The minimum absolute atomic E-state index is 0.298. The summed E-state index contributed by atoms with van der Waals surface area (Å²) < 4.78 is 40.4. The molecule has 0 bridgehead atoms. The van der Waals surface area contributed by atoms with Gasteiger partial charge in [0.05, 0.1) is 6.61 Å². The first kappa shape index (κ1) is 14.0. The molecule has 1 heterocycles. The van der Waals surface area contributed by atoms with Gasteiger partial charge in [-0.2, -0.15) is 4.31 Å². The van der Waals surface area contributed by atoms with Crippen molar-refractivity contribution in [2.75, 3.05) is 13.1 Å². The molecule has 2 atom stereocenters. The molecule has 1 saturated heterocycles. The molecule has 1 aliphatic heterocycles. The van der Waals surface area contributed by atoms with Crippen LogP contribution in [0.15, 0.2) is 23.1 Å². The summed E-state index contributed by atoms with van der Waals surface area (Å²) in [6, 6.07) is 3.74. The highest BCUT2D eigenvalue weighted by molar-refractivity contribution is 7.89. The van der Waals surface area contributed by atoms with Crippen molar-refractivity contribution in [3.63, 3.8) is 0 Å². The molecule has 2 fully saturated rings. The summed E-state index contributed by atoms with van der Waals surface area (Å²) in [4.78, 5) is -0.316. The van der Waals surface area contributed by atoms with Gasteiger partial charge in [0.1, 0.15) is 10.7 Å². The molecule has 20 heavy (non-hydrogen) atoms. The summed E-state index contributed by atoms with van der Waals surface area (Å²) in [6.07, 6.45) is 3.29. The van der Waals surface area contributed by atoms with E-state index < -0.39 is 15.8 Å². The Morgan fingerprint density at radius 1 is 1.25 bits per heavy atom. The Labute approximate surface area is 118 Å². The first-order valence-corrected chi connectivity index (χ1v) is 8.36. The van der Waals surface area contributed by atoms with Crippen molar-refractivity contribution in [2.24, 2.45) is 11.8 Å². The van der Waals surface area contributed by atoms with E-state index in [0.717, 1.165) is 25.3 Å². The fourth-order valence-corrected chi connectivity index (χ4v) is 5.04. The van der Waals surface area contributed by atoms with E-state index >= 15 is 0 Å². The fourth-order valence-electron chi connectivity index (χ4n) is 3.37. The lowest BCUT2D eigenvalue weighted by Crippen LogP contribution is -2.30. The van der Waals surface area contributed by atoms with Crippen LogP contribution in [-0.2, 0) is 16.6 Å². The Morgan fingerprint density at radius 3 is 2.50 bits per heavy atom. The predicted octanol–water partition coefficient (Wildman–Crippen LogP) is 1.74. The molecular weight excluding hydrogens is 281 g/mol. The lowest BCUT2D eigenvalue weighted by Gasteiger charge is -2.18. The van der Waals surface area contributed by atoms with Crippen LogP contribution < -0.4 is 0 Å². The standard InChI is InChI=1S/C14H18FNO3S/c15-13-5-4-10(9-17)6-14(13)20(18,19)16-7-11-2-1-3-12(11)8-16/h4-6,11-12,17H,1-3,7-9H2. The van der Waals surface area contributed by atoms with Gasteiger partial charge in [0.25, 0.3) is 0 Å². The van der Waals surface area contributed by atoms with Crippen LogP contribution in [0.1, 0.15) is 24.8 Å². The van der Waals surface area contributed by atoms with E-state index in [1.54, 1.807) is 0 Å². The van der Waals surface area contributed by atoms with Gasteiger partial charge in [-0.1, -0.05) is 12.5 Å². The first-order valence-electron chi connectivity index (χ1n) is 6.92. The van der Waals surface area contributed by atoms with Crippen LogP contribution in [0.2, 0.25) is 0 Å². The van der Waals surface area contributed by atoms with E-state index in [0.29, 0.717) is 30.5 Å². The predicted molar refractivity (Wildman–Crippen MR) is 71.9 cm³/mol. The third-order valence-corrected chi connectivity index (χ3v) is 6.34. The van der Waals surface area contributed by atoms with Crippen LogP contribution in [0, 0.1) is 17.7 Å². The number of hydrogen-bond acceptors (Lipinski definition) is 3. The molecule has 0 radical (unpaired) electrons. The van der Waals surface area contributed by atoms with Gasteiger partial charge in [0.2, 0.25) is 10.0 Å².